The second kappa shape index (κ2) is 15.4. The summed E-state index contributed by atoms with van der Waals surface area (Å²) in [6, 6.07) is 4.67. The van der Waals surface area contributed by atoms with Crippen molar-refractivity contribution in [1.29, 1.82) is 0 Å². The lowest BCUT2D eigenvalue weighted by Crippen LogP contribution is -1.87. The van der Waals surface area contributed by atoms with Crippen molar-refractivity contribution >= 4 is 50.8 Å². The maximum absolute atomic E-state index is 3.71. The summed E-state index contributed by atoms with van der Waals surface area (Å²) in [4.78, 5) is 2.89. The van der Waals surface area contributed by atoms with Gasteiger partial charge in [-0.15, -0.1) is 22.7 Å². The van der Waals surface area contributed by atoms with Gasteiger partial charge >= 0.3 is 0 Å². The van der Waals surface area contributed by atoms with Gasteiger partial charge in [0.05, 0.1) is 3.79 Å². The third kappa shape index (κ3) is 9.98. The van der Waals surface area contributed by atoms with E-state index in [0.717, 1.165) is 0 Å². The van der Waals surface area contributed by atoms with Crippen molar-refractivity contribution in [3.8, 4) is 0 Å². The van der Waals surface area contributed by atoms with E-state index in [-0.39, 0.29) is 0 Å². The SMILES string of the molecule is CCCCCCCCc1ccsc1/C=C/c1sc(Br)cc1CCCCCCCC. The van der Waals surface area contributed by atoms with Crippen LogP contribution in [-0.2, 0) is 12.8 Å². The van der Waals surface area contributed by atoms with E-state index in [4.69, 9.17) is 0 Å². The zero-order valence-corrected chi connectivity index (χ0v) is 21.7. The summed E-state index contributed by atoms with van der Waals surface area (Å²) in [5, 5.41) is 2.26. The molecule has 0 amide bonds. The number of thiophene rings is 2. The zero-order valence-electron chi connectivity index (χ0n) is 18.5. The van der Waals surface area contributed by atoms with E-state index in [1.54, 1.807) is 0 Å². The van der Waals surface area contributed by atoms with Crippen LogP contribution in [0.2, 0.25) is 0 Å². The Labute approximate surface area is 196 Å². The molecular weight excluding hydrogens is 456 g/mol. The van der Waals surface area contributed by atoms with Crippen molar-refractivity contribution in [2.45, 2.75) is 104 Å². The molecule has 0 aromatic carbocycles. The quantitative estimate of drug-likeness (QED) is 0.203. The van der Waals surface area contributed by atoms with Crippen LogP contribution in [0.25, 0.3) is 12.2 Å². The van der Waals surface area contributed by atoms with Crippen LogP contribution in [0.1, 0.15) is 112 Å². The molecule has 0 aliphatic rings. The molecule has 0 unspecified atom stereocenters. The molecule has 2 aromatic heterocycles. The zero-order chi connectivity index (χ0) is 20.7. The summed E-state index contributed by atoms with van der Waals surface area (Å²) in [5.41, 5.74) is 3.05. The highest BCUT2D eigenvalue weighted by Gasteiger charge is 2.07. The van der Waals surface area contributed by atoms with Crippen molar-refractivity contribution in [3.63, 3.8) is 0 Å². The van der Waals surface area contributed by atoms with Gasteiger partial charge in [-0.25, -0.2) is 0 Å². The Kier molecular flexibility index (Phi) is 13.2. The van der Waals surface area contributed by atoms with E-state index in [0.29, 0.717) is 0 Å². The van der Waals surface area contributed by atoms with Gasteiger partial charge in [-0.05, 0) is 82.4 Å². The largest absolute Gasteiger partial charge is 0.144 e. The Hall–Kier alpha value is -0.380. The molecular formula is C26H39BrS2. The maximum atomic E-state index is 3.71. The second-order valence-electron chi connectivity index (χ2n) is 8.12. The van der Waals surface area contributed by atoms with Crippen molar-refractivity contribution in [1.82, 2.24) is 0 Å². The molecule has 3 heteroatoms. The fraction of sp³-hybridized carbons (Fsp3) is 0.615. The summed E-state index contributed by atoms with van der Waals surface area (Å²) < 4.78 is 1.26. The number of rotatable bonds is 16. The Morgan fingerprint density at radius 3 is 1.93 bits per heavy atom. The monoisotopic (exact) mass is 494 g/mol. The van der Waals surface area contributed by atoms with Crippen molar-refractivity contribution in [2.75, 3.05) is 0 Å². The Morgan fingerprint density at radius 1 is 0.724 bits per heavy atom. The normalized spacial score (nSPS) is 11.7. The van der Waals surface area contributed by atoms with Gasteiger partial charge in [0.25, 0.3) is 0 Å². The van der Waals surface area contributed by atoms with E-state index in [2.05, 4.69) is 59.4 Å². The van der Waals surface area contributed by atoms with Gasteiger partial charge in [-0.2, -0.15) is 0 Å². The average molecular weight is 496 g/mol. The van der Waals surface area contributed by atoms with E-state index in [9.17, 15) is 0 Å². The molecule has 0 N–H and O–H groups in total. The predicted octanol–water partition coefficient (Wildman–Crippen LogP) is 10.5. The van der Waals surface area contributed by atoms with Gasteiger partial charge < -0.3 is 0 Å². The lowest BCUT2D eigenvalue weighted by atomic mass is 10.0. The molecule has 29 heavy (non-hydrogen) atoms. The summed E-state index contributed by atoms with van der Waals surface area (Å²) in [6.45, 7) is 4.57. The molecule has 0 bridgehead atoms. The van der Waals surface area contributed by atoms with Gasteiger partial charge in [0.2, 0.25) is 0 Å². The van der Waals surface area contributed by atoms with Crippen LogP contribution < -0.4 is 0 Å². The highest BCUT2D eigenvalue weighted by atomic mass is 79.9. The van der Waals surface area contributed by atoms with Crippen molar-refractivity contribution in [3.05, 3.63) is 42.2 Å². The molecule has 0 radical (unpaired) electrons. The minimum atomic E-state index is 1.21. The molecule has 0 atom stereocenters. The molecule has 0 saturated heterocycles. The molecule has 0 fully saturated rings. The Morgan fingerprint density at radius 2 is 1.28 bits per heavy atom. The second-order valence-corrected chi connectivity index (χ2v) is 11.5. The first-order valence-corrected chi connectivity index (χ1v) is 14.3. The molecule has 2 aromatic rings. The Bertz CT molecular complexity index is 695. The third-order valence-electron chi connectivity index (χ3n) is 5.58. The number of halogens is 1. The lowest BCUT2D eigenvalue weighted by molar-refractivity contribution is 0.607. The molecule has 162 valence electrons. The molecule has 0 saturated carbocycles. The minimum Gasteiger partial charge on any atom is -0.144 e. The number of unbranched alkanes of at least 4 members (excludes halogenated alkanes) is 10. The van der Waals surface area contributed by atoms with Crippen molar-refractivity contribution in [2.24, 2.45) is 0 Å². The molecule has 2 heterocycles. The Balaban J connectivity index is 1.83. The standard InChI is InChI=1S/C26H39BrS2/c1-3-5-7-9-11-13-15-22-19-20-28-24(22)17-18-25-23(21-26(27)29-25)16-14-12-10-8-6-4-2/h17-21H,3-16H2,1-2H3/b18-17+. The fourth-order valence-electron chi connectivity index (χ4n) is 3.79. The van der Waals surface area contributed by atoms with E-state index in [1.165, 1.54) is 115 Å². The third-order valence-corrected chi connectivity index (χ3v) is 8.15. The first kappa shape index (κ1) is 24.9. The van der Waals surface area contributed by atoms with Crippen LogP contribution in [0.3, 0.4) is 0 Å². The van der Waals surface area contributed by atoms with Crippen LogP contribution in [0.4, 0.5) is 0 Å². The summed E-state index contributed by atoms with van der Waals surface area (Å²) >= 11 is 7.47. The fourth-order valence-corrected chi connectivity index (χ4v) is 6.27. The molecule has 0 aliphatic carbocycles. The van der Waals surface area contributed by atoms with Crippen LogP contribution in [0, 0.1) is 0 Å². The van der Waals surface area contributed by atoms with Crippen LogP contribution in [-0.4, -0.2) is 0 Å². The van der Waals surface area contributed by atoms with Gasteiger partial charge in [-0.1, -0.05) is 78.1 Å². The van der Waals surface area contributed by atoms with Gasteiger partial charge in [0.15, 0.2) is 0 Å². The van der Waals surface area contributed by atoms with Crippen molar-refractivity contribution < 1.29 is 0 Å². The smallest absolute Gasteiger partial charge is 0.0707 e. The predicted molar refractivity (Wildman–Crippen MR) is 139 cm³/mol. The number of aryl methyl sites for hydroxylation is 2. The van der Waals surface area contributed by atoms with Gasteiger partial charge in [0.1, 0.15) is 0 Å². The molecule has 0 spiro atoms. The lowest BCUT2D eigenvalue weighted by Gasteiger charge is -2.03. The van der Waals surface area contributed by atoms with Crippen LogP contribution in [0.15, 0.2) is 21.3 Å². The topological polar surface area (TPSA) is 0 Å². The summed E-state index contributed by atoms with van der Waals surface area (Å²) in [7, 11) is 0. The number of hydrogen-bond acceptors (Lipinski definition) is 2. The molecule has 0 nitrogen and oxygen atoms in total. The maximum Gasteiger partial charge on any atom is 0.0707 e. The molecule has 0 aliphatic heterocycles. The first-order chi connectivity index (χ1) is 14.2. The summed E-state index contributed by atoms with van der Waals surface area (Å²) in [5.74, 6) is 0. The van der Waals surface area contributed by atoms with Crippen LogP contribution in [0.5, 0.6) is 0 Å². The minimum absolute atomic E-state index is 1.21. The van der Waals surface area contributed by atoms with E-state index < -0.39 is 0 Å². The van der Waals surface area contributed by atoms with E-state index >= 15 is 0 Å². The highest BCUT2D eigenvalue weighted by Crippen LogP contribution is 2.31. The number of hydrogen-bond donors (Lipinski definition) is 0. The van der Waals surface area contributed by atoms with Gasteiger partial charge in [0, 0.05) is 9.75 Å². The average Bonchev–Trinajstić information content (AvgIpc) is 3.31. The molecule has 2 rings (SSSR count). The van der Waals surface area contributed by atoms with Crippen LogP contribution >= 0.6 is 38.6 Å². The first-order valence-electron chi connectivity index (χ1n) is 11.8. The van der Waals surface area contributed by atoms with Gasteiger partial charge in [-0.3, -0.25) is 0 Å². The highest BCUT2D eigenvalue weighted by molar-refractivity contribution is 9.11. The summed E-state index contributed by atoms with van der Waals surface area (Å²) in [6.07, 6.45) is 23.6. The van der Waals surface area contributed by atoms with E-state index in [1.807, 2.05) is 22.7 Å².